The summed E-state index contributed by atoms with van der Waals surface area (Å²) in [5.74, 6) is 0.614. The highest BCUT2D eigenvalue weighted by Gasteiger charge is 2.40. The van der Waals surface area contributed by atoms with E-state index in [2.05, 4.69) is 29.7 Å². The van der Waals surface area contributed by atoms with Crippen LogP contribution in [0.15, 0.2) is 18.2 Å². The van der Waals surface area contributed by atoms with Crippen LogP contribution in [0.25, 0.3) is 11.0 Å². The van der Waals surface area contributed by atoms with Crippen LogP contribution >= 0.6 is 0 Å². The molecule has 3 rings (SSSR count). The zero-order valence-electron chi connectivity index (χ0n) is 13.1. The van der Waals surface area contributed by atoms with Crippen LogP contribution in [0.4, 0.5) is 0 Å². The lowest BCUT2D eigenvalue weighted by molar-refractivity contribution is -0.149. The van der Waals surface area contributed by atoms with Gasteiger partial charge in [0.05, 0.1) is 17.6 Å². The van der Waals surface area contributed by atoms with Gasteiger partial charge in [0.25, 0.3) is 0 Å². The monoisotopic (exact) mass is 286 g/mol. The quantitative estimate of drug-likeness (QED) is 0.808. The van der Waals surface area contributed by atoms with Gasteiger partial charge in [0.15, 0.2) is 0 Å². The number of aryl methyl sites for hydroxylation is 1. The molecule has 1 aliphatic carbocycles. The molecule has 0 saturated heterocycles. The van der Waals surface area contributed by atoms with Gasteiger partial charge in [0.1, 0.15) is 11.2 Å². The van der Waals surface area contributed by atoms with Gasteiger partial charge in [-0.2, -0.15) is 0 Å². The van der Waals surface area contributed by atoms with E-state index in [0.29, 0.717) is 12.6 Å². The Labute approximate surface area is 125 Å². The highest BCUT2D eigenvalue weighted by Crippen LogP contribution is 2.41. The van der Waals surface area contributed by atoms with Gasteiger partial charge < -0.3 is 9.30 Å². The molecule has 0 atom stereocenters. The van der Waals surface area contributed by atoms with Crippen molar-refractivity contribution in [3.8, 4) is 0 Å². The molecule has 1 heterocycles. The number of rotatable bonds is 4. The summed E-state index contributed by atoms with van der Waals surface area (Å²) in [6.45, 7) is 8.09. The molecule has 0 spiro atoms. The first kappa shape index (κ1) is 14.1. The van der Waals surface area contributed by atoms with Crippen LogP contribution in [0.2, 0.25) is 0 Å². The number of hydrogen-bond donors (Lipinski definition) is 0. The van der Waals surface area contributed by atoms with E-state index in [1.807, 2.05) is 20.8 Å². The number of benzene rings is 1. The minimum atomic E-state index is -0.731. The number of carbonyl (C=O) groups excluding carboxylic acids is 1. The van der Waals surface area contributed by atoms with Gasteiger partial charge in [-0.1, -0.05) is 6.07 Å². The van der Waals surface area contributed by atoms with E-state index in [9.17, 15) is 4.79 Å². The summed E-state index contributed by atoms with van der Waals surface area (Å²) < 4.78 is 7.49. The summed E-state index contributed by atoms with van der Waals surface area (Å²) in [6, 6.07) is 6.77. The van der Waals surface area contributed by atoms with E-state index in [-0.39, 0.29) is 5.97 Å². The van der Waals surface area contributed by atoms with E-state index in [1.54, 1.807) is 0 Å². The van der Waals surface area contributed by atoms with Crippen LogP contribution in [0.1, 0.15) is 51.0 Å². The smallest absolute Gasteiger partial charge is 0.319 e. The average molecular weight is 286 g/mol. The van der Waals surface area contributed by atoms with E-state index in [4.69, 9.17) is 9.72 Å². The molecule has 4 nitrogen and oxygen atoms in total. The van der Waals surface area contributed by atoms with Crippen LogP contribution in [-0.2, 0) is 14.9 Å². The van der Waals surface area contributed by atoms with Crippen molar-refractivity contribution in [2.45, 2.75) is 52.0 Å². The molecule has 0 unspecified atom stereocenters. The van der Waals surface area contributed by atoms with Crippen molar-refractivity contribution in [1.29, 1.82) is 0 Å². The number of imidazole rings is 1. The molecular formula is C17H22N2O2. The molecule has 21 heavy (non-hydrogen) atoms. The van der Waals surface area contributed by atoms with E-state index in [0.717, 1.165) is 29.7 Å². The summed E-state index contributed by atoms with van der Waals surface area (Å²) in [5.41, 5.74) is 2.54. The second kappa shape index (κ2) is 4.86. The van der Waals surface area contributed by atoms with Crippen LogP contribution in [-0.4, -0.2) is 22.1 Å². The first-order valence-electron chi connectivity index (χ1n) is 7.61. The lowest BCUT2D eigenvalue weighted by atomic mass is 9.92. The Hall–Kier alpha value is -1.84. The van der Waals surface area contributed by atoms with Crippen molar-refractivity contribution in [2.75, 3.05) is 6.61 Å². The maximum Gasteiger partial charge on any atom is 0.319 e. The minimum Gasteiger partial charge on any atom is -0.465 e. The third-order valence-electron chi connectivity index (χ3n) is 4.10. The van der Waals surface area contributed by atoms with Crippen molar-refractivity contribution in [1.82, 2.24) is 9.55 Å². The van der Waals surface area contributed by atoms with Crippen molar-refractivity contribution < 1.29 is 9.53 Å². The average Bonchev–Trinajstić information content (AvgIpc) is 3.19. The summed E-state index contributed by atoms with van der Waals surface area (Å²) in [6.07, 6.45) is 2.32. The molecule has 4 heteroatoms. The Morgan fingerprint density at radius 3 is 2.76 bits per heavy atom. The topological polar surface area (TPSA) is 44.1 Å². The predicted molar refractivity (Wildman–Crippen MR) is 82.4 cm³/mol. The van der Waals surface area contributed by atoms with Gasteiger partial charge in [0.2, 0.25) is 0 Å². The summed E-state index contributed by atoms with van der Waals surface area (Å²) in [5, 5.41) is 0. The zero-order valence-corrected chi connectivity index (χ0v) is 13.1. The highest BCUT2D eigenvalue weighted by molar-refractivity contribution is 5.84. The van der Waals surface area contributed by atoms with Crippen molar-refractivity contribution >= 4 is 17.0 Å². The Morgan fingerprint density at radius 2 is 2.14 bits per heavy atom. The third kappa shape index (κ3) is 2.33. The van der Waals surface area contributed by atoms with E-state index < -0.39 is 5.41 Å². The molecule has 0 amide bonds. The number of nitrogens with zero attached hydrogens (tertiary/aromatic N) is 2. The molecule has 2 aromatic rings. The molecule has 1 fully saturated rings. The second-order valence-electron chi connectivity index (χ2n) is 6.37. The van der Waals surface area contributed by atoms with Gasteiger partial charge in [-0.15, -0.1) is 0 Å². The Bertz CT molecular complexity index is 696. The highest BCUT2D eigenvalue weighted by atomic mass is 16.5. The molecule has 112 valence electrons. The molecule has 0 aliphatic heterocycles. The molecule has 1 aromatic heterocycles. The maximum atomic E-state index is 12.3. The minimum absolute atomic E-state index is 0.209. The number of fused-ring (bicyclic) bond motifs is 1. The summed E-state index contributed by atoms with van der Waals surface area (Å²) >= 11 is 0. The Balaban J connectivity index is 2.17. The fourth-order valence-electron chi connectivity index (χ4n) is 2.75. The number of aromatic nitrogens is 2. The fourth-order valence-corrected chi connectivity index (χ4v) is 2.75. The van der Waals surface area contributed by atoms with Gasteiger partial charge in [-0.3, -0.25) is 4.79 Å². The van der Waals surface area contributed by atoms with E-state index in [1.165, 1.54) is 5.56 Å². The number of hydrogen-bond acceptors (Lipinski definition) is 3. The van der Waals surface area contributed by atoms with Crippen molar-refractivity contribution in [3.05, 3.63) is 29.6 Å². The maximum absolute atomic E-state index is 12.3. The number of carbonyl (C=O) groups is 1. The second-order valence-corrected chi connectivity index (χ2v) is 6.37. The van der Waals surface area contributed by atoms with Gasteiger partial charge >= 0.3 is 5.97 Å². The van der Waals surface area contributed by atoms with Gasteiger partial charge in [0, 0.05) is 6.04 Å². The largest absolute Gasteiger partial charge is 0.465 e. The van der Waals surface area contributed by atoms with Gasteiger partial charge in [-0.05, 0) is 58.2 Å². The first-order chi connectivity index (χ1) is 9.95. The third-order valence-corrected chi connectivity index (χ3v) is 4.10. The number of ether oxygens (including phenoxy) is 1. The van der Waals surface area contributed by atoms with E-state index >= 15 is 0 Å². The number of esters is 1. The first-order valence-corrected chi connectivity index (χ1v) is 7.61. The molecule has 1 aromatic carbocycles. The molecule has 0 N–H and O–H groups in total. The molecular weight excluding hydrogens is 264 g/mol. The summed E-state index contributed by atoms with van der Waals surface area (Å²) in [4.78, 5) is 17.1. The molecule has 1 saturated carbocycles. The molecule has 0 radical (unpaired) electrons. The molecule has 1 aliphatic rings. The Kier molecular flexibility index (Phi) is 3.27. The predicted octanol–water partition coefficient (Wildman–Crippen LogP) is 3.52. The Morgan fingerprint density at radius 1 is 1.43 bits per heavy atom. The SMILES string of the molecule is CCOC(=O)C(C)(C)c1nc2cc(C)ccc2n1C1CC1. The van der Waals surface area contributed by atoms with Crippen LogP contribution < -0.4 is 0 Å². The van der Waals surface area contributed by atoms with Crippen molar-refractivity contribution in [3.63, 3.8) is 0 Å². The summed E-state index contributed by atoms with van der Waals surface area (Å²) in [7, 11) is 0. The standard InChI is InChI=1S/C17H22N2O2/c1-5-21-16(20)17(3,4)15-18-13-10-11(2)6-9-14(13)19(15)12-7-8-12/h6,9-10,12H,5,7-8H2,1-4H3. The lowest BCUT2D eigenvalue weighted by Gasteiger charge is -2.23. The molecule has 0 bridgehead atoms. The van der Waals surface area contributed by atoms with Crippen LogP contribution in [0, 0.1) is 6.92 Å². The zero-order chi connectivity index (χ0) is 15.2. The van der Waals surface area contributed by atoms with Gasteiger partial charge in [-0.25, -0.2) is 4.98 Å². The lowest BCUT2D eigenvalue weighted by Crippen LogP contribution is -2.34. The van der Waals surface area contributed by atoms with Crippen LogP contribution in [0.3, 0.4) is 0 Å². The van der Waals surface area contributed by atoms with Crippen molar-refractivity contribution in [2.24, 2.45) is 0 Å². The fraction of sp³-hybridized carbons (Fsp3) is 0.529. The normalized spacial score (nSPS) is 15.4. The van der Waals surface area contributed by atoms with Crippen LogP contribution in [0.5, 0.6) is 0 Å².